The van der Waals surface area contributed by atoms with E-state index in [1.165, 1.54) is 22.0 Å². The third-order valence-corrected chi connectivity index (χ3v) is 6.51. The van der Waals surface area contributed by atoms with Crippen LogP contribution >= 0.6 is 22.9 Å². The Labute approximate surface area is 204 Å². The van der Waals surface area contributed by atoms with Crippen LogP contribution in [0.2, 0.25) is 5.02 Å². The number of aromatic nitrogens is 1. The van der Waals surface area contributed by atoms with Crippen LogP contribution in [0.5, 0.6) is 11.5 Å². The van der Waals surface area contributed by atoms with Gasteiger partial charge in [0.2, 0.25) is 0 Å². The molecule has 1 aliphatic rings. The van der Waals surface area contributed by atoms with Crippen molar-refractivity contribution in [1.82, 2.24) is 4.57 Å². The molecule has 1 N–H and O–H groups in total. The van der Waals surface area contributed by atoms with E-state index in [2.05, 4.69) is 4.99 Å². The van der Waals surface area contributed by atoms with Gasteiger partial charge in [-0.25, -0.2) is 9.79 Å². The van der Waals surface area contributed by atoms with E-state index in [0.29, 0.717) is 42.5 Å². The van der Waals surface area contributed by atoms with Crippen molar-refractivity contribution < 1.29 is 19.4 Å². The van der Waals surface area contributed by atoms with Crippen LogP contribution in [-0.2, 0) is 9.53 Å². The molecule has 0 aliphatic carbocycles. The second-order valence-corrected chi connectivity index (χ2v) is 9.46. The lowest BCUT2D eigenvalue weighted by molar-refractivity contribution is -0.143. The molecule has 0 unspecified atom stereocenters. The lowest BCUT2D eigenvalue weighted by Gasteiger charge is -2.25. The summed E-state index contributed by atoms with van der Waals surface area (Å²) in [5, 5.41) is 10.6. The van der Waals surface area contributed by atoms with E-state index in [0.717, 1.165) is 0 Å². The molecule has 2 heterocycles. The van der Waals surface area contributed by atoms with Gasteiger partial charge in [-0.15, -0.1) is 0 Å². The third kappa shape index (κ3) is 4.51. The van der Waals surface area contributed by atoms with Crippen molar-refractivity contribution in [2.45, 2.75) is 32.9 Å². The van der Waals surface area contributed by atoms with Gasteiger partial charge in [-0.1, -0.05) is 35.1 Å². The Hall–Kier alpha value is -3.36. The van der Waals surface area contributed by atoms with Crippen LogP contribution in [0.25, 0.3) is 6.08 Å². The number of allylic oxidation sites excluding steroid dienone is 1. The maximum Gasteiger partial charge on any atom is 0.338 e. The number of nitrogens with zero attached hydrogens (tertiary/aromatic N) is 2. The van der Waals surface area contributed by atoms with Crippen LogP contribution < -0.4 is 19.6 Å². The Morgan fingerprint density at radius 3 is 2.59 bits per heavy atom. The molecule has 34 heavy (non-hydrogen) atoms. The van der Waals surface area contributed by atoms with Gasteiger partial charge in [0.15, 0.2) is 4.80 Å². The van der Waals surface area contributed by atoms with Gasteiger partial charge in [-0.3, -0.25) is 9.36 Å². The van der Waals surface area contributed by atoms with Gasteiger partial charge in [0.1, 0.15) is 11.5 Å². The molecule has 0 radical (unpaired) electrons. The maximum atomic E-state index is 13.6. The van der Waals surface area contributed by atoms with Gasteiger partial charge in [0, 0.05) is 10.6 Å². The Bertz CT molecular complexity index is 1470. The molecule has 2 aromatic carbocycles. The molecule has 0 spiro atoms. The maximum absolute atomic E-state index is 13.6. The number of esters is 1. The van der Waals surface area contributed by atoms with E-state index >= 15 is 0 Å². The monoisotopic (exact) mass is 498 g/mol. The number of rotatable bonds is 5. The van der Waals surface area contributed by atoms with E-state index in [4.69, 9.17) is 21.1 Å². The Balaban J connectivity index is 1.95. The number of carbonyl (C=O) groups excluding carboxylic acids is 1. The minimum absolute atomic E-state index is 0.000629. The minimum Gasteiger partial charge on any atom is -0.507 e. The highest BCUT2D eigenvalue weighted by Gasteiger charge is 2.33. The van der Waals surface area contributed by atoms with E-state index in [9.17, 15) is 14.7 Å². The molecule has 3 aromatic rings. The van der Waals surface area contributed by atoms with Crippen LogP contribution in [-0.4, -0.2) is 28.9 Å². The van der Waals surface area contributed by atoms with E-state index < -0.39 is 12.0 Å². The zero-order valence-corrected chi connectivity index (χ0v) is 20.6. The lowest BCUT2D eigenvalue weighted by atomic mass is 9.96. The first-order valence-corrected chi connectivity index (χ1v) is 11.7. The summed E-state index contributed by atoms with van der Waals surface area (Å²) in [5.74, 6) is 0.123. The van der Waals surface area contributed by atoms with Crippen LogP contribution in [0.15, 0.2) is 63.5 Å². The molecule has 1 aromatic heterocycles. The molecule has 4 rings (SSSR count). The molecule has 1 atom stereocenters. The van der Waals surface area contributed by atoms with E-state index in [1.807, 2.05) is 12.1 Å². The summed E-state index contributed by atoms with van der Waals surface area (Å²) in [5.41, 5.74) is 1.55. The molecule has 0 fully saturated rings. The van der Waals surface area contributed by atoms with Crippen LogP contribution in [0, 0.1) is 0 Å². The van der Waals surface area contributed by atoms with Gasteiger partial charge in [-0.2, -0.15) is 0 Å². The second kappa shape index (κ2) is 9.48. The number of methoxy groups -OCH3 is 1. The van der Waals surface area contributed by atoms with Crippen molar-refractivity contribution in [1.29, 1.82) is 0 Å². The zero-order valence-electron chi connectivity index (χ0n) is 19.0. The number of phenols is 1. The summed E-state index contributed by atoms with van der Waals surface area (Å²) in [6, 6.07) is 11.0. The predicted molar refractivity (Wildman–Crippen MR) is 131 cm³/mol. The first-order chi connectivity index (χ1) is 16.2. The predicted octanol–water partition coefficient (Wildman–Crippen LogP) is 3.55. The number of fused-ring (bicyclic) bond motifs is 1. The molecule has 0 saturated heterocycles. The Morgan fingerprint density at radius 1 is 1.24 bits per heavy atom. The molecule has 7 nitrogen and oxygen atoms in total. The molecule has 176 valence electrons. The molecule has 1 aliphatic heterocycles. The van der Waals surface area contributed by atoms with Crippen molar-refractivity contribution in [3.05, 3.63) is 89.6 Å². The number of phenolic OH excluding ortho intramolecular Hbond substituents is 1. The molecular formula is C25H23ClN2O5S. The third-order valence-electron chi connectivity index (χ3n) is 5.29. The number of ether oxygens (including phenoxy) is 2. The highest BCUT2D eigenvalue weighted by molar-refractivity contribution is 7.07. The smallest absolute Gasteiger partial charge is 0.338 e. The van der Waals surface area contributed by atoms with Crippen molar-refractivity contribution in [3.63, 3.8) is 0 Å². The van der Waals surface area contributed by atoms with Crippen molar-refractivity contribution >= 4 is 35.0 Å². The highest BCUT2D eigenvalue weighted by atomic mass is 35.5. The van der Waals surface area contributed by atoms with Crippen molar-refractivity contribution in [3.8, 4) is 11.5 Å². The summed E-state index contributed by atoms with van der Waals surface area (Å²) in [7, 11) is 1.57. The van der Waals surface area contributed by atoms with Gasteiger partial charge >= 0.3 is 5.97 Å². The van der Waals surface area contributed by atoms with E-state index in [1.54, 1.807) is 58.2 Å². The summed E-state index contributed by atoms with van der Waals surface area (Å²) >= 11 is 7.24. The summed E-state index contributed by atoms with van der Waals surface area (Å²) in [4.78, 5) is 31.7. The molecular weight excluding hydrogens is 476 g/mol. The quantitative estimate of drug-likeness (QED) is 0.543. The fourth-order valence-electron chi connectivity index (χ4n) is 3.74. The molecule has 0 amide bonds. The highest BCUT2D eigenvalue weighted by Crippen LogP contribution is 2.32. The number of hydrogen-bond donors (Lipinski definition) is 1. The number of thiazole rings is 1. The van der Waals surface area contributed by atoms with Crippen molar-refractivity contribution in [2.24, 2.45) is 4.99 Å². The van der Waals surface area contributed by atoms with Gasteiger partial charge in [0.05, 0.1) is 35.1 Å². The van der Waals surface area contributed by atoms with Gasteiger partial charge < -0.3 is 14.6 Å². The summed E-state index contributed by atoms with van der Waals surface area (Å²) in [6.45, 7) is 5.26. The lowest BCUT2D eigenvalue weighted by Crippen LogP contribution is -2.40. The van der Waals surface area contributed by atoms with E-state index in [-0.39, 0.29) is 17.4 Å². The average Bonchev–Trinajstić information content (AvgIpc) is 3.09. The second-order valence-electron chi connectivity index (χ2n) is 8.01. The number of halogens is 1. The SMILES string of the molecule is COc1ccc([C@H]2C(C(=O)OC(C)C)=C(C)N=c3s/c(=C\c4cc(Cl)ccc4O)c(=O)n32)cc1. The standard InChI is InChI=1S/C25H23ClN2O5S/c1-13(2)33-24(31)21-14(3)27-25-28(22(21)15-5-8-18(32-4)9-6-15)23(30)20(34-25)12-16-11-17(26)7-10-19(16)29/h5-13,22,29H,1-4H3/b20-12-/t22-/m0/s1. The molecule has 0 saturated carbocycles. The van der Waals surface area contributed by atoms with Crippen molar-refractivity contribution in [2.75, 3.05) is 7.11 Å². The van der Waals surface area contributed by atoms with Crippen LogP contribution in [0.3, 0.4) is 0 Å². The van der Waals surface area contributed by atoms with Crippen LogP contribution in [0.4, 0.5) is 0 Å². The summed E-state index contributed by atoms with van der Waals surface area (Å²) < 4.78 is 12.6. The number of aromatic hydroxyl groups is 1. The zero-order chi connectivity index (χ0) is 24.6. The number of benzene rings is 2. The molecule has 9 heteroatoms. The van der Waals surface area contributed by atoms with Gasteiger partial charge in [0.25, 0.3) is 5.56 Å². The molecule has 0 bridgehead atoms. The largest absolute Gasteiger partial charge is 0.507 e. The normalized spacial score (nSPS) is 15.8. The first kappa shape index (κ1) is 23.8. The first-order valence-electron chi connectivity index (χ1n) is 10.6. The Morgan fingerprint density at radius 2 is 1.94 bits per heavy atom. The average molecular weight is 499 g/mol. The van der Waals surface area contributed by atoms with Gasteiger partial charge in [-0.05, 0) is 62.7 Å². The topological polar surface area (TPSA) is 90.1 Å². The van der Waals surface area contributed by atoms with Crippen LogP contribution in [0.1, 0.15) is 37.9 Å². The fourth-order valence-corrected chi connectivity index (χ4v) is 4.96. The number of hydrogen-bond acceptors (Lipinski definition) is 7. The fraction of sp³-hybridized carbons (Fsp3) is 0.240. The summed E-state index contributed by atoms with van der Waals surface area (Å²) in [6.07, 6.45) is 1.24. The number of carbonyl (C=O) groups is 1. The Kier molecular flexibility index (Phi) is 6.63. The minimum atomic E-state index is -0.733.